The second-order valence-electron chi connectivity index (χ2n) is 7.04. The Morgan fingerprint density at radius 3 is 2.32 bits per heavy atom. The number of aryl methyl sites for hydroxylation is 1. The summed E-state index contributed by atoms with van der Waals surface area (Å²) in [5.74, 6) is -0.678. The number of halogens is 5. The van der Waals surface area contributed by atoms with Crippen LogP contribution in [0.2, 0.25) is 5.02 Å². The van der Waals surface area contributed by atoms with Crippen molar-refractivity contribution in [1.29, 1.82) is 0 Å². The van der Waals surface area contributed by atoms with Gasteiger partial charge in [-0.15, -0.1) is 0 Å². The molecule has 1 atom stereocenters. The van der Waals surface area contributed by atoms with E-state index in [1.54, 1.807) is 30.7 Å². The van der Waals surface area contributed by atoms with Crippen LogP contribution in [-0.2, 0) is 11.3 Å². The number of carbonyl (C=O) groups excluding carboxylic acids is 1. The molecule has 0 aliphatic heterocycles. The van der Waals surface area contributed by atoms with Crippen molar-refractivity contribution in [2.24, 2.45) is 0 Å². The maximum atomic E-state index is 13.3. The lowest BCUT2D eigenvalue weighted by atomic mass is 10.2. The lowest BCUT2D eigenvalue weighted by molar-refractivity contribution is -0.119. The highest BCUT2D eigenvalue weighted by molar-refractivity contribution is 6.30. The standard InChI is InChI=1S/C20H20ClF4N5O/c1-10-17(11(2)29(27-10)9-13-4-6-14(21)7-5-13)26-20(31)12(3)30-16(19(24)25)8-15(28-30)18(22)23/h4-8,12,18-19H,9H2,1-3H3,(H,26,31). The molecule has 1 unspecified atom stereocenters. The van der Waals surface area contributed by atoms with Gasteiger partial charge in [0.1, 0.15) is 17.4 Å². The van der Waals surface area contributed by atoms with Crippen molar-refractivity contribution >= 4 is 23.2 Å². The van der Waals surface area contributed by atoms with Crippen LogP contribution in [0.1, 0.15) is 54.2 Å². The molecular weight excluding hydrogens is 438 g/mol. The van der Waals surface area contributed by atoms with E-state index in [9.17, 15) is 22.4 Å². The molecule has 1 aromatic carbocycles. The Morgan fingerprint density at radius 2 is 1.74 bits per heavy atom. The van der Waals surface area contributed by atoms with Gasteiger partial charge in [-0.25, -0.2) is 17.6 Å². The fourth-order valence-electron chi connectivity index (χ4n) is 3.14. The molecule has 1 N–H and O–H groups in total. The third-order valence-electron chi connectivity index (χ3n) is 4.85. The van der Waals surface area contributed by atoms with Gasteiger partial charge in [0.15, 0.2) is 0 Å². The third-order valence-corrected chi connectivity index (χ3v) is 5.10. The highest BCUT2D eigenvalue weighted by atomic mass is 35.5. The van der Waals surface area contributed by atoms with Crippen LogP contribution in [0.4, 0.5) is 23.2 Å². The van der Waals surface area contributed by atoms with Crippen molar-refractivity contribution in [2.45, 2.75) is 46.2 Å². The summed E-state index contributed by atoms with van der Waals surface area (Å²) in [6.07, 6.45) is -6.08. The van der Waals surface area contributed by atoms with Crippen molar-refractivity contribution in [3.8, 4) is 0 Å². The first kappa shape index (κ1) is 22.8. The van der Waals surface area contributed by atoms with Crippen molar-refractivity contribution in [3.05, 3.63) is 63.7 Å². The summed E-state index contributed by atoms with van der Waals surface area (Å²) in [6, 6.07) is 6.58. The third kappa shape index (κ3) is 4.90. The molecule has 166 valence electrons. The van der Waals surface area contributed by atoms with E-state index in [1.807, 2.05) is 12.1 Å². The van der Waals surface area contributed by atoms with Gasteiger partial charge in [0.05, 0.1) is 23.6 Å². The molecule has 0 bridgehead atoms. The fourth-order valence-corrected chi connectivity index (χ4v) is 3.27. The van der Waals surface area contributed by atoms with Crippen molar-refractivity contribution in [2.75, 3.05) is 5.32 Å². The molecule has 0 spiro atoms. The molecule has 0 saturated carbocycles. The second-order valence-corrected chi connectivity index (χ2v) is 7.47. The molecule has 0 aliphatic carbocycles. The molecule has 0 fully saturated rings. The maximum Gasteiger partial charge on any atom is 0.282 e. The van der Waals surface area contributed by atoms with Crippen LogP contribution in [0.5, 0.6) is 0 Å². The molecule has 0 radical (unpaired) electrons. The summed E-state index contributed by atoms with van der Waals surface area (Å²) in [7, 11) is 0. The average Bonchev–Trinajstić information content (AvgIpc) is 3.27. The first-order valence-corrected chi connectivity index (χ1v) is 9.71. The molecule has 1 amide bonds. The Labute approximate surface area is 180 Å². The van der Waals surface area contributed by atoms with E-state index in [0.29, 0.717) is 39.4 Å². The first-order valence-electron chi connectivity index (χ1n) is 9.33. The van der Waals surface area contributed by atoms with Gasteiger partial charge in [-0.1, -0.05) is 23.7 Å². The number of nitrogens with zero attached hydrogens (tertiary/aromatic N) is 4. The van der Waals surface area contributed by atoms with E-state index >= 15 is 0 Å². The summed E-state index contributed by atoms with van der Waals surface area (Å²) >= 11 is 5.90. The van der Waals surface area contributed by atoms with E-state index in [2.05, 4.69) is 15.5 Å². The van der Waals surface area contributed by atoms with Crippen LogP contribution in [0.3, 0.4) is 0 Å². The summed E-state index contributed by atoms with van der Waals surface area (Å²) in [6.45, 7) is 5.19. The summed E-state index contributed by atoms with van der Waals surface area (Å²) < 4.78 is 54.6. The predicted molar refractivity (Wildman–Crippen MR) is 108 cm³/mol. The molecular formula is C20H20ClF4N5O. The van der Waals surface area contributed by atoms with Gasteiger partial charge in [-0.3, -0.25) is 14.2 Å². The highest BCUT2D eigenvalue weighted by Crippen LogP contribution is 2.28. The number of carbonyl (C=O) groups is 1. The number of nitrogens with one attached hydrogen (secondary N) is 1. The van der Waals surface area contributed by atoms with Gasteiger partial charge < -0.3 is 5.32 Å². The number of rotatable bonds is 7. The summed E-state index contributed by atoms with van der Waals surface area (Å²) in [4.78, 5) is 12.7. The van der Waals surface area contributed by atoms with Crippen LogP contribution in [0.25, 0.3) is 0 Å². The van der Waals surface area contributed by atoms with Crippen LogP contribution >= 0.6 is 11.6 Å². The number of alkyl halides is 4. The van der Waals surface area contributed by atoms with Crippen LogP contribution in [0.15, 0.2) is 30.3 Å². The molecule has 11 heteroatoms. The molecule has 2 aromatic heterocycles. The zero-order valence-corrected chi connectivity index (χ0v) is 17.7. The molecule has 2 heterocycles. The molecule has 0 saturated heterocycles. The molecule has 3 rings (SSSR count). The fraction of sp³-hybridized carbons (Fsp3) is 0.350. The zero-order valence-electron chi connectivity index (χ0n) is 16.9. The Balaban J connectivity index is 1.82. The predicted octanol–water partition coefficient (Wildman–Crippen LogP) is 5.47. The Hall–Kier alpha value is -2.88. The number of hydrogen-bond donors (Lipinski definition) is 1. The number of amides is 1. The maximum absolute atomic E-state index is 13.3. The van der Waals surface area contributed by atoms with Gasteiger partial charge in [0, 0.05) is 5.02 Å². The van der Waals surface area contributed by atoms with Crippen molar-refractivity contribution < 1.29 is 22.4 Å². The minimum Gasteiger partial charge on any atom is -0.321 e. The topological polar surface area (TPSA) is 64.7 Å². The van der Waals surface area contributed by atoms with Crippen LogP contribution in [0, 0.1) is 13.8 Å². The van der Waals surface area contributed by atoms with E-state index in [-0.39, 0.29) is 0 Å². The monoisotopic (exact) mass is 457 g/mol. The SMILES string of the molecule is Cc1nn(Cc2ccc(Cl)cc2)c(C)c1NC(=O)C(C)n1nc(C(F)F)cc1C(F)F. The molecule has 31 heavy (non-hydrogen) atoms. The molecule has 3 aromatic rings. The van der Waals surface area contributed by atoms with Gasteiger partial charge in [-0.05, 0) is 44.5 Å². The normalized spacial score (nSPS) is 12.6. The van der Waals surface area contributed by atoms with Gasteiger partial charge in [-0.2, -0.15) is 10.2 Å². The van der Waals surface area contributed by atoms with E-state index in [4.69, 9.17) is 11.6 Å². The minimum atomic E-state index is -3.05. The van der Waals surface area contributed by atoms with Gasteiger partial charge in [0.25, 0.3) is 12.9 Å². The zero-order chi connectivity index (χ0) is 22.9. The van der Waals surface area contributed by atoms with E-state index in [1.165, 1.54) is 6.92 Å². The largest absolute Gasteiger partial charge is 0.321 e. The van der Waals surface area contributed by atoms with Crippen molar-refractivity contribution in [1.82, 2.24) is 19.6 Å². The van der Waals surface area contributed by atoms with E-state index in [0.717, 1.165) is 5.56 Å². The number of benzene rings is 1. The van der Waals surface area contributed by atoms with Gasteiger partial charge >= 0.3 is 0 Å². The Morgan fingerprint density at radius 1 is 1.10 bits per heavy atom. The lowest BCUT2D eigenvalue weighted by Crippen LogP contribution is -2.26. The smallest absolute Gasteiger partial charge is 0.282 e. The second kappa shape index (κ2) is 9.09. The lowest BCUT2D eigenvalue weighted by Gasteiger charge is -2.16. The van der Waals surface area contributed by atoms with Crippen molar-refractivity contribution in [3.63, 3.8) is 0 Å². The van der Waals surface area contributed by atoms with Crippen LogP contribution in [-0.4, -0.2) is 25.5 Å². The number of aromatic nitrogens is 4. The summed E-state index contributed by atoms with van der Waals surface area (Å²) in [5, 5.41) is 11.2. The van der Waals surface area contributed by atoms with Crippen LogP contribution < -0.4 is 5.32 Å². The number of hydrogen-bond acceptors (Lipinski definition) is 3. The Bertz CT molecular complexity index is 1080. The molecule has 0 aliphatic rings. The highest BCUT2D eigenvalue weighted by Gasteiger charge is 2.28. The van der Waals surface area contributed by atoms with Gasteiger partial charge in [0.2, 0.25) is 5.91 Å². The Kier molecular flexibility index (Phi) is 6.68. The molecule has 6 nitrogen and oxygen atoms in total. The summed E-state index contributed by atoms with van der Waals surface area (Å²) in [5.41, 5.74) is 0.984. The number of anilines is 1. The average molecular weight is 458 g/mol. The van der Waals surface area contributed by atoms with E-state index < -0.39 is 36.2 Å². The minimum absolute atomic E-state index is 0.422. The quantitative estimate of drug-likeness (QED) is 0.478. The first-order chi connectivity index (χ1) is 14.6.